The van der Waals surface area contributed by atoms with Gasteiger partial charge >= 0.3 is 0 Å². The number of amides is 1. The molecule has 1 aromatic heterocycles. The SMILES string of the molecule is Cc1cc(C)cc(OCC(=O)Nc2nc(-c3ccccc3)c(C)s2)c1. The molecule has 0 aliphatic carbocycles. The van der Waals surface area contributed by atoms with E-state index in [1.807, 2.05) is 63.2 Å². The molecule has 1 N–H and O–H groups in total. The molecule has 128 valence electrons. The molecule has 0 aliphatic heterocycles. The number of nitrogens with one attached hydrogen (secondary N) is 1. The Kier molecular flexibility index (Phi) is 5.14. The lowest BCUT2D eigenvalue weighted by molar-refractivity contribution is -0.118. The van der Waals surface area contributed by atoms with Crippen LogP contribution in [0, 0.1) is 20.8 Å². The van der Waals surface area contributed by atoms with E-state index >= 15 is 0 Å². The highest BCUT2D eigenvalue weighted by Crippen LogP contribution is 2.30. The van der Waals surface area contributed by atoms with Crippen molar-refractivity contribution in [2.75, 3.05) is 11.9 Å². The summed E-state index contributed by atoms with van der Waals surface area (Å²) in [4.78, 5) is 17.7. The molecule has 0 saturated carbocycles. The molecule has 0 radical (unpaired) electrons. The lowest BCUT2D eigenvalue weighted by Gasteiger charge is -2.07. The molecule has 0 fully saturated rings. The first-order chi connectivity index (χ1) is 12.0. The van der Waals surface area contributed by atoms with Crippen LogP contribution < -0.4 is 10.1 Å². The monoisotopic (exact) mass is 352 g/mol. The maximum absolute atomic E-state index is 12.1. The van der Waals surface area contributed by atoms with Crippen molar-refractivity contribution < 1.29 is 9.53 Å². The van der Waals surface area contributed by atoms with E-state index in [9.17, 15) is 4.79 Å². The zero-order valence-electron chi connectivity index (χ0n) is 14.5. The van der Waals surface area contributed by atoms with Gasteiger partial charge in [0.15, 0.2) is 11.7 Å². The first-order valence-electron chi connectivity index (χ1n) is 8.05. The second-order valence-corrected chi connectivity index (χ2v) is 7.15. The maximum atomic E-state index is 12.1. The summed E-state index contributed by atoms with van der Waals surface area (Å²) in [7, 11) is 0. The Morgan fingerprint density at radius 2 is 1.76 bits per heavy atom. The molecule has 0 spiro atoms. The predicted molar refractivity (Wildman–Crippen MR) is 102 cm³/mol. The van der Waals surface area contributed by atoms with Crippen LogP contribution in [0.25, 0.3) is 11.3 Å². The second kappa shape index (κ2) is 7.49. The van der Waals surface area contributed by atoms with Crippen molar-refractivity contribution >= 4 is 22.4 Å². The molecular weight excluding hydrogens is 332 g/mol. The minimum absolute atomic E-state index is 0.0395. The van der Waals surface area contributed by atoms with Crippen molar-refractivity contribution in [1.29, 1.82) is 0 Å². The van der Waals surface area contributed by atoms with Crippen LogP contribution in [0.3, 0.4) is 0 Å². The zero-order valence-corrected chi connectivity index (χ0v) is 15.3. The minimum Gasteiger partial charge on any atom is -0.484 e. The number of rotatable bonds is 5. The van der Waals surface area contributed by atoms with Crippen LogP contribution in [0.4, 0.5) is 5.13 Å². The number of thiazole rings is 1. The van der Waals surface area contributed by atoms with Gasteiger partial charge in [0.05, 0.1) is 5.69 Å². The summed E-state index contributed by atoms with van der Waals surface area (Å²) < 4.78 is 5.59. The zero-order chi connectivity index (χ0) is 17.8. The van der Waals surface area contributed by atoms with E-state index in [0.717, 1.165) is 27.3 Å². The van der Waals surface area contributed by atoms with E-state index in [0.29, 0.717) is 10.9 Å². The van der Waals surface area contributed by atoms with Crippen molar-refractivity contribution in [2.24, 2.45) is 0 Å². The molecule has 2 aromatic carbocycles. The summed E-state index contributed by atoms with van der Waals surface area (Å²) in [5, 5.41) is 3.40. The Balaban J connectivity index is 1.63. The summed E-state index contributed by atoms with van der Waals surface area (Å²) >= 11 is 1.47. The quantitative estimate of drug-likeness (QED) is 0.721. The topological polar surface area (TPSA) is 51.2 Å². The highest BCUT2D eigenvalue weighted by atomic mass is 32.1. The molecule has 25 heavy (non-hydrogen) atoms. The number of hydrogen-bond donors (Lipinski definition) is 1. The number of benzene rings is 2. The summed E-state index contributed by atoms with van der Waals surface area (Å²) in [6, 6.07) is 15.8. The van der Waals surface area contributed by atoms with Crippen LogP contribution in [0.1, 0.15) is 16.0 Å². The highest BCUT2D eigenvalue weighted by Gasteiger charge is 2.12. The third-order valence-corrected chi connectivity index (χ3v) is 4.54. The van der Waals surface area contributed by atoms with Gasteiger partial charge in [0.1, 0.15) is 5.75 Å². The fourth-order valence-corrected chi connectivity index (χ4v) is 3.49. The molecule has 5 heteroatoms. The largest absolute Gasteiger partial charge is 0.484 e. The van der Waals surface area contributed by atoms with Crippen LogP contribution in [0.2, 0.25) is 0 Å². The van der Waals surface area contributed by atoms with Gasteiger partial charge in [-0.3, -0.25) is 10.1 Å². The van der Waals surface area contributed by atoms with Crippen molar-refractivity contribution in [2.45, 2.75) is 20.8 Å². The predicted octanol–water partition coefficient (Wildman–Crippen LogP) is 4.75. The lowest BCUT2D eigenvalue weighted by atomic mass is 10.1. The molecule has 3 rings (SSSR count). The Morgan fingerprint density at radius 3 is 2.44 bits per heavy atom. The van der Waals surface area contributed by atoms with Crippen molar-refractivity contribution in [3.8, 4) is 17.0 Å². The number of carbonyl (C=O) groups excluding carboxylic acids is 1. The van der Waals surface area contributed by atoms with Gasteiger partial charge in [0, 0.05) is 10.4 Å². The third kappa shape index (κ3) is 4.45. The first kappa shape index (κ1) is 17.2. The van der Waals surface area contributed by atoms with Gasteiger partial charge in [-0.2, -0.15) is 0 Å². The Morgan fingerprint density at radius 1 is 1.08 bits per heavy atom. The van der Waals surface area contributed by atoms with Crippen molar-refractivity contribution in [3.05, 3.63) is 64.5 Å². The van der Waals surface area contributed by atoms with Gasteiger partial charge in [-0.15, -0.1) is 11.3 Å². The fourth-order valence-electron chi connectivity index (χ4n) is 2.63. The minimum atomic E-state index is -0.215. The lowest BCUT2D eigenvalue weighted by Crippen LogP contribution is -2.20. The number of ether oxygens (including phenoxy) is 1. The molecule has 1 amide bonds. The first-order valence-corrected chi connectivity index (χ1v) is 8.87. The molecule has 3 aromatic rings. The van der Waals surface area contributed by atoms with Gasteiger partial charge < -0.3 is 4.74 Å². The number of aromatic nitrogens is 1. The molecule has 0 atom stereocenters. The normalized spacial score (nSPS) is 10.5. The third-order valence-electron chi connectivity index (χ3n) is 3.66. The molecule has 0 unspecified atom stereocenters. The number of hydrogen-bond acceptors (Lipinski definition) is 4. The van der Waals surface area contributed by atoms with Crippen LogP contribution in [0.5, 0.6) is 5.75 Å². The van der Waals surface area contributed by atoms with Crippen LogP contribution >= 0.6 is 11.3 Å². The van der Waals surface area contributed by atoms with Crippen molar-refractivity contribution in [1.82, 2.24) is 4.98 Å². The van der Waals surface area contributed by atoms with E-state index in [-0.39, 0.29) is 12.5 Å². The average molecular weight is 352 g/mol. The standard InChI is InChI=1S/C20H20N2O2S/c1-13-9-14(2)11-17(10-13)24-12-18(23)21-20-22-19(15(3)25-20)16-7-5-4-6-8-16/h4-11H,12H2,1-3H3,(H,21,22,23). The van der Waals surface area contributed by atoms with Gasteiger partial charge in [-0.1, -0.05) is 36.4 Å². The van der Waals surface area contributed by atoms with Gasteiger partial charge in [0.2, 0.25) is 0 Å². The van der Waals surface area contributed by atoms with Crippen LogP contribution in [-0.2, 0) is 4.79 Å². The van der Waals surface area contributed by atoms with E-state index in [4.69, 9.17) is 4.74 Å². The molecule has 0 aliphatic rings. The van der Waals surface area contributed by atoms with E-state index in [1.54, 1.807) is 0 Å². The number of carbonyl (C=O) groups is 1. The Hall–Kier alpha value is -2.66. The molecule has 1 heterocycles. The van der Waals surface area contributed by atoms with Gasteiger partial charge in [0.25, 0.3) is 5.91 Å². The van der Waals surface area contributed by atoms with E-state index < -0.39 is 0 Å². The van der Waals surface area contributed by atoms with Gasteiger partial charge in [-0.05, 0) is 44.0 Å². The maximum Gasteiger partial charge on any atom is 0.264 e. The Bertz CT molecular complexity index is 868. The van der Waals surface area contributed by atoms with E-state index in [2.05, 4.69) is 16.4 Å². The molecule has 0 bridgehead atoms. The molecular formula is C20H20N2O2S. The van der Waals surface area contributed by atoms with E-state index in [1.165, 1.54) is 11.3 Å². The second-order valence-electron chi connectivity index (χ2n) is 5.95. The smallest absolute Gasteiger partial charge is 0.264 e. The summed E-state index contributed by atoms with van der Waals surface area (Å²) in [6.45, 7) is 5.97. The summed E-state index contributed by atoms with van der Waals surface area (Å²) in [5.74, 6) is 0.487. The van der Waals surface area contributed by atoms with Gasteiger partial charge in [-0.25, -0.2) is 4.98 Å². The van der Waals surface area contributed by atoms with Crippen molar-refractivity contribution in [3.63, 3.8) is 0 Å². The van der Waals surface area contributed by atoms with Crippen LogP contribution in [0.15, 0.2) is 48.5 Å². The number of nitrogens with zero attached hydrogens (tertiary/aromatic N) is 1. The number of aryl methyl sites for hydroxylation is 3. The summed E-state index contributed by atoms with van der Waals surface area (Å²) in [5.41, 5.74) is 4.16. The average Bonchev–Trinajstić information content (AvgIpc) is 2.93. The summed E-state index contributed by atoms with van der Waals surface area (Å²) in [6.07, 6.45) is 0. The molecule has 0 saturated heterocycles. The Labute approximate surface area is 151 Å². The number of anilines is 1. The highest BCUT2D eigenvalue weighted by molar-refractivity contribution is 7.16. The van der Waals surface area contributed by atoms with Crippen LogP contribution in [-0.4, -0.2) is 17.5 Å². The molecule has 4 nitrogen and oxygen atoms in total. The fraction of sp³-hybridized carbons (Fsp3) is 0.200.